The molecule has 114 valence electrons. The maximum atomic E-state index is 3.45. The monoisotopic (exact) mass is 285 g/mol. The second kappa shape index (κ2) is 5.98. The van der Waals surface area contributed by atoms with Crippen molar-refractivity contribution in [1.29, 1.82) is 0 Å². The maximum absolute atomic E-state index is 3.45. The zero-order valence-corrected chi connectivity index (χ0v) is 13.0. The van der Waals surface area contributed by atoms with E-state index in [0.717, 1.165) is 19.1 Å². The van der Waals surface area contributed by atoms with Gasteiger partial charge in [-0.3, -0.25) is 9.80 Å². The Morgan fingerprint density at radius 2 is 2.00 bits per heavy atom. The molecule has 0 amide bonds. The molecule has 1 aromatic rings. The molecular formula is C18H27N3. The number of benzene rings is 1. The summed E-state index contributed by atoms with van der Waals surface area (Å²) in [6.07, 6.45) is 6.82. The van der Waals surface area contributed by atoms with E-state index in [1.807, 2.05) is 0 Å². The minimum absolute atomic E-state index is 0.821. The molecule has 1 aromatic carbocycles. The molecule has 0 radical (unpaired) electrons. The van der Waals surface area contributed by atoms with Crippen LogP contribution >= 0.6 is 0 Å². The van der Waals surface area contributed by atoms with Gasteiger partial charge in [-0.25, -0.2) is 0 Å². The van der Waals surface area contributed by atoms with Crippen LogP contribution in [0.15, 0.2) is 18.2 Å². The van der Waals surface area contributed by atoms with Gasteiger partial charge in [-0.05, 0) is 56.0 Å². The van der Waals surface area contributed by atoms with Crippen LogP contribution in [0.4, 0.5) is 5.69 Å². The summed E-state index contributed by atoms with van der Waals surface area (Å²) in [5.41, 5.74) is 4.36. The number of rotatable bonds is 3. The Balaban J connectivity index is 1.35. The molecule has 0 aliphatic carbocycles. The molecule has 3 aliphatic rings. The van der Waals surface area contributed by atoms with Crippen LogP contribution in [0.1, 0.15) is 36.8 Å². The van der Waals surface area contributed by atoms with Crippen LogP contribution in [0.2, 0.25) is 0 Å². The van der Waals surface area contributed by atoms with Gasteiger partial charge in [0.1, 0.15) is 0 Å². The summed E-state index contributed by atoms with van der Waals surface area (Å²) in [4.78, 5) is 5.40. The molecule has 4 rings (SSSR count). The summed E-state index contributed by atoms with van der Waals surface area (Å²) in [5.74, 6) is 0. The normalized spacial score (nSPS) is 26.8. The number of nitrogens with one attached hydrogen (secondary N) is 1. The lowest BCUT2D eigenvalue weighted by atomic mass is 10.1. The molecule has 21 heavy (non-hydrogen) atoms. The average Bonchev–Trinajstić information content (AvgIpc) is 3.17. The second-order valence-electron chi connectivity index (χ2n) is 6.94. The van der Waals surface area contributed by atoms with Crippen LogP contribution in [-0.4, -0.2) is 48.6 Å². The van der Waals surface area contributed by atoms with E-state index in [2.05, 4.69) is 33.3 Å². The van der Waals surface area contributed by atoms with Crippen molar-refractivity contribution in [2.75, 3.05) is 38.0 Å². The number of fused-ring (bicyclic) bond motifs is 1. The van der Waals surface area contributed by atoms with Crippen LogP contribution in [0.3, 0.4) is 0 Å². The Bertz CT molecular complexity index is 493. The summed E-state index contributed by atoms with van der Waals surface area (Å²) >= 11 is 0. The summed E-state index contributed by atoms with van der Waals surface area (Å²) < 4.78 is 0. The predicted octanol–water partition coefficient (Wildman–Crippen LogP) is 2.71. The number of hydrogen-bond acceptors (Lipinski definition) is 3. The standard InChI is InChI=1S/C18H27N3/c1-2-9-21(10-3-1)17-7-11-20(14-17)13-15-4-5-18-16(12-15)6-8-19-18/h4-5,12,17,19H,1-3,6-11,13-14H2. The highest BCUT2D eigenvalue weighted by atomic mass is 15.3. The molecule has 1 atom stereocenters. The molecule has 0 aromatic heterocycles. The van der Waals surface area contributed by atoms with E-state index >= 15 is 0 Å². The van der Waals surface area contributed by atoms with Crippen molar-refractivity contribution in [2.24, 2.45) is 0 Å². The molecule has 3 aliphatic heterocycles. The van der Waals surface area contributed by atoms with Gasteiger partial charge in [0.05, 0.1) is 0 Å². The van der Waals surface area contributed by atoms with Gasteiger partial charge in [-0.15, -0.1) is 0 Å². The van der Waals surface area contributed by atoms with E-state index in [1.165, 1.54) is 75.1 Å². The molecule has 2 saturated heterocycles. The van der Waals surface area contributed by atoms with E-state index in [1.54, 1.807) is 0 Å². The predicted molar refractivity (Wildman–Crippen MR) is 87.7 cm³/mol. The van der Waals surface area contributed by atoms with Crippen molar-refractivity contribution in [3.8, 4) is 0 Å². The minimum Gasteiger partial charge on any atom is -0.384 e. The Kier molecular flexibility index (Phi) is 3.87. The van der Waals surface area contributed by atoms with Crippen molar-refractivity contribution >= 4 is 5.69 Å². The lowest BCUT2D eigenvalue weighted by molar-refractivity contribution is 0.161. The van der Waals surface area contributed by atoms with Crippen LogP contribution in [0, 0.1) is 0 Å². The fourth-order valence-electron chi connectivity index (χ4n) is 4.25. The van der Waals surface area contributed by atoms with Crippen LogP contribution in [0.5, 0.6) is 0 Å². The van der Waals surface area contributed by atoms with Crippen LogP contribution < -0.4 is 5.32 Å². The van der Waals surface area contributed by atoms with Gasteiger partial charge < -0.3 is 5.32 Å². The molecule has 3 nitrogen and oxygen atoms in total. The average molecular weight is 285 g/mol. The van der Waals surface area contributed by atoms with Gasteiger partial charge in [0.25, 0.3) is 0 Å². The second-order valence-corrected chi connectivity index (χ2v) is 6.94. The third-order valence-corrected chi connectivity index (χ3v) is 5.44. The third-order valence-electron chi connectivity index (χ3n) is 5.44. The number of anilines is 1. The smallest absolute Gasteiger partial charge is 0.0373 e. The third kappa shape index (κ3) is 2.95. The number of nitrogens with zero attached hydrogens (tertiary/aromatic N) is 2. The fourth-order valence-corrected chi connectivity index (χ4v) is 4.25. The van der Waals surface area contributed by atoms with E-state index in [-0.39, 0.29) is 0 Å². The largest absolute Gasteiger partial charge is 0.384 e. The number of piperidine rings is 1. The fraction of sp³-hybridized carbons (Fsp3) is 0.667. The highest BCUT2D eigenvalue weighted by Gasteiger charge is 2.28. The van der Waals surface area contributed by atoms with Crippen molar-refractivity contribution in [3.05, 3.63) is 29.3 Å². The number of likely N-dealkylation sites (tertiary alicyclic amines) is 2. The van der Waals surface area contributed by atoms with E-state index in [0.29, 0.717) is 0 Å². The van der Waals surface area contributed by atoms with Crippen molar-refractivity contribution < 1.29 is 0 Å². The van der Waals surface area contributed by atoms with E-state index in [4.69, 9.17) is 0 Å². The summed E-state index contributed by atoms with van der Waals surface area (Å²) in [6.45, 7) is 7.47. The van der Waals surface area contributed by atoms with Crippen LogP contribution in [0.25, 0.3) is 0 Å². The molecule has 1 N–H and O–H groups in total. The SMILES string of the molecule is c1cc2c(cc1CN1CCC(N3CCCCC3)C1)CCN2. The lowest BCUT2D eigenvalue weighted by Crippen LogP contribution is -2.40. The first-order valence-corrected chi connectivity index (χ1v) is 8.70. The number of hydrogen-bond donors (Lipinski definition) is 1. The summed E-state index contributed by atoms with van der Waals surface area (Å²) in [6, 6.07) is 7.83. The highest BCUT2D eigenvalue weighted by Crippen LogP contribution is 2.25. The van der Waals surface area contributed by atoms with Crippen LogP contribution in [-0.2, 0) is 13.0 Å². The first-order chi connectivity index (χ1) is 10.4. The molecule has 2 fully saturated rings. The Hall–Kier alpha value is -1.06. The minimum atomic E-state index is 0.821. The van der Waals surface area contributed by atoms with Gasteiger partial charge in [-0.2, -0.15) is 0 Å². The molecule has 1 unspecified atom stereocenters. The van der Waals surface area contributed by atoms with E-state index < -0.39 is 0 Å². The van der Waals surface area contributed by atoms with Gasteiger partial charge in [-0.1, -0.05) is 18.6 Å². The topological polar surface area (TPSA) is 18.5 Å². The van der Waals surface area contributed by atoms with Gasteiger partial charge in [0.15, 0.2) is 0 Å². The Morgan fingerprint density at radius 3 is 2.90 bits per heavy atom. The Labute approximate surface area is 128 Å². The first-order valence-electron chi connectivity index (χ1n) is 8.70. The van der Waals surface area contributed by atoms with E-state index in [9.17, 15) is 0 Å². The van der Waals surface area contributed by atoms with Crippen molar-refractivity contribution in [2.45, 2.75) is 44.7 Å². The highest BCUT2D eigenvalue weighted by molar-refractivity contribution is 5.56. The molecule has 0 saturated carbocycles. The van der Waals surface area contributed by atoms with Gasteiger partial charge in [0, 0.05) is 37.9 Å². The lowest BCUT2D eigenvalue weighted by Gasteiger charge is -2.32. The summed E-state index contributed by atoms with van der Waals surface area (Å²) in [7, 11) is 0. The molecule has 3 heterocycles. The summed E-state index contributed by atoms with van der Waals surface area (Å²) in [5, 5.41) is 3.45. The zero-order chi connectivity index (χ0) is 14.1. The van der Waals surface area contributed by atoms with Gasteiger partial charge >= 0.3 is 0 Å². The van der Waals surface area contributed by atoms with Gasteiger partial charge in [0.2, 0.25) is 0 Å². The molecule has 0 spiro atoms. The maximum Gasteiger partial charge on any atom is 0.0373 e. The molecular weight excluding hydrogens is 258 g/mol. The van der Waals surface area contributed by atoms with Crippen molar-refractivity contribution in [3.63, 3.8) is 0 Å². The van der Waals surface area contributed by atoms with Crippen molar-refractivity contribution in [1.82, 2.24) is 9.80 Å². The quantitative estimate of drug-likeness (QED) is 0.921. The first kappa shape index (κ1) is 13.6. The molecule has 0 bridgehead atoms. The Morgan fingerprint density at radius 1 is 1.10 bits per heavy atom. The zero-order valence-electron chi connectivity index (χ0n) is 13.0. The molecule has 3 heteroatoms.